The maximum absolute atomic E-state index is 10.1. The van der Waals surface area contributed by atoms with Gasteiger partial charge in [0.25, 0.3) is 0 Å². The van der Waals surface area contributed by atoms with Crippen molar-refractivity contribution in [1.29, 1.82) is 0 Å². The molecule has 0 amide bonds. The van der Waals surface area contributed by atoms with Gasteiger partial charge in [0, 0.05) is 9.13 Å². The van der Waals surface area contributed by atoms with Gasteiger partial charge in [-0.1, -0.05) is 20.3 Å². The lowest BCUT2D eigenvalue weighted by Crippen LogP contribution is -2.31. The molecule has 0 radical (unpaired) electrons. The van der Waals surface area contributed by atoms with Crippen molar-refractivity contribution < 1.29 is 10.2 Å². The van der Waals surface area contributed by atoms with Crippen LogP contribution in [0.15, 0.2) is 12.1 Å². The number of phenols is 1. The molecule has 1 aromatic carbocycles. The summed E-state index contributed by atoms with van der Waals surface area (Å²) in [5.74, 6) is 0.292. The van der Waals surface area contributed by atoms with Crippen molar-refractivity contribution in [2.45, 2.75) is 32.4 Å². The maximum Gasteiger partial charge on any atom is 0.133 e. The van der Waals surface area contributed by atoms with Crippen LogP contribution in [-0.2, 0) is 0 Å². The lowest BCUT2D eigenvalue weighted by Gasteiger charge is -2.25. The van der Waals surface area contributed by atoms with Gasteiger partial charge in [0.2, 0.25) is 0 Å². The Hall–Kier alpha value is 0.400. The van der Waals surface area contributed by atoms with Gasteiger partial charge in [-0.3, -0.25) is 0 Å². The quantitative estimate of drug-likeness (QED) is 0.605. The van der Waals surface area contributed by atoms with Crippen LogP contribution in [0.25, 0.3) is 0 Å². The predicted octanol–water partition coefficient (Wildman–Crippen LogP) is 3.01. The van der Waals surface area contributed by atoms with Crippen molar-refractivity contribution in [3.63, 3.8) is 0 Å². The van der Waals surface area contributed by atoms with Crippen LogP contribution in [0, 0.1) is 13.1 Å². The molecule has 1 rings (SSSR count). The average Bonchev–Trinajstić information content (AvgIpc) is 2.30. The van der Waals surface area contributed by atoms with Gasteiger partial charge in [0.05, 0.1) is 15.7 Å². The molecule has 0 aliphatic rings. The molecular weight excluding hydrogens is 444 g/mol. The van der Waals surface area contributed by atoms with E-state index >= 15 is 0 Å². The minimum absolute atomic E-state index is 0.111. The molecule has 0 aromatic heterocycles. The van der Waals surface area contributed by atoms with Gasteiger partial charge in [-0.15, -0.1) is 0 Å². The third kappa shape index (κ3) is 3.68. The summed E-state index contributed by atoms with van der Waals surface area (Å²) in [5, 5.41) is 20.1. The molecule has 0 saturated carbocycles. The molecule has 96 valence electrons. The SMILES string of the molecule is CCC(C)[C@@H](O)[C@@H](N)c1cc(I)cc(I)c1O. The Balaban J connectivity index is 3.07. The highest BCUT2D eigenvalue weighted by Gasteiger charge is 2.25. The first-order valence-electron chi connectivity index (χ1n) is 5.50. The number of nitrogens with two attached hydrogens (primary N) is 1. The van der Waals surface area contributed by atoms with E-state index in [9.17, 15) is 10.2 Å². The molecule has 0 aliphatic heterocycles. The van der Waals surface area contributed by atoms with E-state index < -0.39 is 12.1 Å². The van der Waals surface area contributed by atoms with E-state index in [0.29, 0.717) is 5.56 Å². The van der Waals surface area contributed by atoms with Crippen LogP contribution in [0.1, 0.15) is 31.9 Å². The lowest BCUT2D eigenvalue weighted by molar-refractivity contribution is 0.0870. The zero-order valence-electron chi connectivity index (χ0n) is 9.82. The van der Waals surface area contributed by atoms with E-state index in [1.807, 2.05) is 26.0 Å². The second-order valence-electron chi connectivity index (χ2n) is 4.23. The fourth-order valence-corrected chi connectivity index (χ4v) is 3.51. The number of aromatic hydroxyl groups is 1. The van der Waals surface area contributed by atoms with Gasteiger partial charge in [-0.2, -0.15) is 0 Å². The third-order valence-electron chi connectivity index (χ3n) is 3.01. The Kier molecular flexibility index (Phi) is 5.94. The summed E-state index contributed by atoms with van der Waals surface area (Å²) < 4.78 is 1.77. The Bertz CT molecular complexity index is 398. The number of aliphatic hydroxyl groups is 1. The summed E-state index contributed by atoms with van der Waals surface area (Å²) in [6.45, 7) is 3.97. The Morgan fingerprint density at radius 1 is 1.35 bits per heavy atom. The highest BCUT2D eigenvalue weighted by atomic mass is 127. The van der Waals surface area contributed by atoms with E-state index in [2.05, 4.69) is 45.2 Å². The van der Waals surface area contributed by atoms with Crippen LogP contribution in [0.5, 0.6) is 5.75 Å². The van der Waals surface area contributed by atoms with Crippen LogP contribution in [0.2, 0.25) is 0 Å². The highest BCUT2D eigenvalue weighted by molar-refractivity contribution is 14.1. The molecule has 0 aliphatic carbocycles. The molecule has 3 atom stereocenters. The molecule has 5 heteroatoms. The number of halogens is 2. The zero-order valence-corrected chi connectivity index (χ0v) is 14.1. The van der Waals surface area contributed by atoms with Gasteiger partial charge in [-0.05, 0) is 63.2 Å². The summed E-state index contributed by atoms with van der Waals surface area (Å²) in [4.78, 5) is 0. The van der Waals surface area contributed by atoms with Crippen molar-refractivity contribution in [1.82, 2.24) is 0 Å². The standard InChI is InChI=1S/C12H17I2NO2/c1-3-6(2)11(16)10(15)8-4-7(13)5-9(14)12(8)17/h4-6,10-11,16-17H,3,15H2,1-2H3/t6?,10-,11+/m0/s1. The van der Waals surface area contributed by atoms with Gasteiger partial charge in [-0.25, -0.2) is 0 Å². The molecule has 1 aromatic rings. The Morgan fingerprint density at radius 2 is 1.94 bits per heavy atom. The predicted molar refractivity (Wildman–Crippen MR) is 85.9 cm³/mol. The second kappa shape index (κ2) is 6.53. The summed E-state index contributed by atoms with van der Waals surface area (Å²) in [5.41, 5.74) is 6.66. The molecular formula is C12H17I2NO2. The Morgan fingerprint density at radius 3 is 2.47 bits per heavy atom. The molecule has 1 unspecified atom stereocenters. The van der Waals surface area contributed by atoms with E-state index in [4.69, 9.17) is 5.73 Å². The summed E-state index contributed by atoms with van der Waals surface area (Å²) in [6, 6.07) is 3.16. The lowest BCUT2D eigenvalue weighted by atomic mass is 9.91. The van der Waals surface area contributed by atoms with Gasteiger partial charge >= 0.3 is 0 Å². The van der Waals surface area contributed by atoms with Crippen molar-refractivity contribution in [2.75, 3.05) is 0 Å². The normalized spacial score (nSPS) is 16.6. The van der Waals surface area contributed by atoms with E-state index in [1.54, 1.807) is 0 Å². The minimum Gasteiger partial charge on any atom is -0.506 e. The fraction of sp³-hybridized carbons (Fsp3) is 0.500. The number of phenolic OH excluding ortho intramolecular Hbond substituents is 1. The first-order chi connectivity index (χ1) is 7.88. The molecule has 0 saturated heterocycles. The number of aliphatic hydroxyl groups excluding tert-OH is 1. The van der Waals surface area contributed by atoms with Crippen LogP contribution < -0.4 is 5.73 Å². The topological polar surface area (TPSA) is 66.5 Å². The number of hydrogen-bond donors (Lipinski definition) is 3. The van der Waals surface area contributed by atoms with Crippen molar-refractivity contribution in [3.05, 3.63) is 24.8 Å². The fourth-order valence-electron chi connectivity index (χ4n) is 1.62. The average molecular weight is 461 g/mol. The Labute approximate surface area is 129 Å². The van der Waals surface area contributed by atoms with Crippen LogP contribution >= 0.6 is 45.2 Å². The molecule has 17 heavy (non-hydrogen) atoms. The molecule has 0 spiro atoms. The minimum atomic E-state index is -0.639. The van der Waals surface area contributed by atoms with Crippen molar-refractivity contribution in [3.8, 4) is 5.75 Å². The molecule has 0 bridgehead atoms. The monoisotopic (exact) mass is 461 g/mol. The van der Waals surface area contributed by atoms with Crippen molar-refractivity contribution >= 4 is 45.2 Å². The zero-order chi connectivity index (χ0) is 13.2. The molecule has 4 N–H and O–H groups in total. The van der Waals surface area contributed by atoms with E-state index in [1.165, 1.54) is 0 Å². The van der Waals surface area contributed by atoms with Crippen LogP contribution in [-0.4, -0.2) is 16.3 Å². The number of rotatable bonds is 4. The van der Waals surface area contributed by atoms with Gasteiger partial charge < -0.3 is 15.9 Å². The maximum atomic E-state index is 10.1. The molecule has 3 nitrogen and oxygen atoms in total. The molecule has 0 fully saturated rings. The van der Waals surface area contributed by atoms with Gasteiger partial charge in [0.15, 0.2) is 0 Å². The van der Waals surface area contributed by atoms with Crippen LogP contribution in [0.4, 0.5) is 0 Å². The molecule has 0 heterocycles. The third-order valence-corrected chi connectivity index (χ3v) is 4.46. The van der Waals surface area contributed by atoms with Crippen molar-refractivity contribution in [2.24, 2.45) is 11.7 Å². The highest BCUT2D eigenvalue weighted by Crippen LogP contribution is 2.33. The van der Waals surface area contributed by atoms with Crippen LogP contribution in [0.3, 0.4) is 0 Å². The summed E-state index contributed by atoms with van der Waals surface area (Å²) in [6.07, 6.45) is 0.219. The number of hydrogen-bond acceptors (Lipinski definition) is 3. The summed E-state index contributed by atoms with van der Waals surface area (Å²) >= 11 is 4.25. The first-order valence-corrected chi connectivity index (χ1v) is 7.65. The van der Waals surface area contributed by atoms with Gasteiger partial charge in [0.1, 0.15) is 5.75 Å². The first kappa shape index (κ1) is 15.5. The van der Waals surface area contributed by atoms with E-state index in [-0.39, 0.29) is 11.7 Å². The largest absolute Gasteiger partial charge is 0.506 e. The van der Waals surface area contributed by atoms with E-state index in [0.717, 1.165) is 13.6 Å². The summed E-state index contributed by atoms with van der Waals surface area (Å²) in [7, 11) is 0. The second-order valence-corrected chi connectivity index (χ2v) is 6.64. The smallest absolute Gasteiger partial charge is 0.133 e. The number of benzene rings is 1.